The van der Waals surface area contributed by atoms with Gasteiger partial charge in [-0.15, -0.1) is 0 Å². The normalized spacial score (nSPS) is 11.4. The second-order valence-electron chi connectivity index (χ2n) is 4.16. The fraction of sp³-hybridized carbons (Fsp3) is 0.0714. The smallest absolute Gasteiger partial charge is 0.175 e. The third-order valence-corrected chi connectivity index (χ3v) is 2.91. The molecule has 2 aromatic carbocycles. The van der Waals surface area contributed by atoms with Gasteiger partial charge in [0.2, 0.25) is 0 Å². The highest BCUT2D eigenvalue weighted by Gasteiger charge is 2.17. The van der Waals surface area contributed by atoms with Crippen molar-refractivity contribution in [1.82, 2.24) is 0 Å². The molecular weight excluding hydrogens is 264 g/mol. The maximum atomic E-state index is 13.9. The van der Waals surface area contributed by atoms with Crippen LogP contribution in [0.25, 0.3) is 0 Å². The van der Waals surface area contributed by atoms with Crippen LogP contribution in [0, 0.1) is 11.6 Å². The van der Waals surface area contributed by atoms with Gasteiger partial charge in [0.05, 0.1) is 11.3 Å². The molecule has 0 bridgehead atoms. The van der Waals surface area contributed by atoms with Gasteiger partial charge in [-0.05, 0) is 30.3 Å². The topological polar surface area (TPSA) is 61.8 Å². The summed E-state index contributed by atoms with van der Waals surface area (Å²) in [6.07, 6.45) is 0. The van der Waals surface area contributed by atoms with Crippen molar-refractivity contribution >= 4 is 17.2 Å². The highest BCUT2D eigenvalue weighted by atomic mass is 19.1. The first-order chi connectivity index (χ1) is 9.54. The van der Waals surface area contributed by atoms with Crippen molar-refractivity contribution in [3.63, 3.8) is 0 Å². The Kier molecular flexibility index (Phi) is 3.84. The number of rotatable bonds is 3. The van der Waals surface area contributed by atoms with E-state index in [9.17, 15) is 8.78 Å². The SMILES string of the molecule is CN(c1cccc(F)c1)c1cccc(F)c1C(N)=NO. The maximum Gasteiger partial charge on any atom is 0.175 e. The second-order valence-corrected chi connectivity index (χ2v) is 4.16. The quantitative estimate of drug-likeness (QED) is 0.392. The molecule has 0 aromatic heterocycles. The van der Waals surface area contributed by atoms with E-state index in [0.29, 0.717) is 11.4 Å². The molecule has 0 spiro atoms. The molecule has 0 saturated heterocycles. The molecule has 0 aliphatic heterocycles. The molecule has 0 heterocycles. The van der Waals surface area contributed by atoms with E-state index in [1.807, 2.05) is 0 Å². The minimum atomic E-state index is -0.624. The van der Waals surface area contributed by atoms with Crippen LogP contribution in [0.3, 0.4) is 0 Å². The van der Waals surface area contributed by atoms with Crippen molar-refractivity contribution in [2.75, 3.05) is 11.9 Å². The van der Waals surface area contributed by atoms with E-state index in [4.69, 9.17) is 10.9 Å². The first-order valence-electron chi connectivity index (χ1n) is 5.80. The average Bonchev–Trinajstić information content (AvgIpc) is 2.45. The molecule has 0 amide bonds. The largest absolute Gasteiger partial charge is 0.409 e. The van der Waals surface area contributed by atoms with E-state index in [-0.39, 0.29) is 11.4 Å². The average molecular weight is 277 g/mol. The number of anilines is 2. The summed E-state index contributed by atoms with van der Waals surface area (Å²) < 4.78 is 27.1. The predicted octanol–water partition coefficient (Wildman–Crippen LogP) is 2.83. The zero-order chi connectivity index (χ0) is 14.7. The summed E-state index contributed by atoms with van der Waals surface area (Å²) in [5.41, 5.74) is 6.34. The first-order valence-corrected chi connectivity index (χ1v) is 5.80. The summed E-state index contributed by atoms with van der Waals surface area (Å²) in [6, 6.07) is 10.1. The van der Waals surface area contributed by atoms with E-state index in [0.717, 1.165) is 0 Å². The summed E-state index contributed by atoms with van der Waals surface area (Å²) >= 11 is 0. The highest BCUT2D eigenvalue weighted by Crippen LogP contribution is 2.28. The Morgan fingerprint density at radius 3 is 2.55 bits per heavy atom. The van der Waals surface area contributed by atoms with Crippen molar-refractivity contribution < 1.29 is 14.0 Å². The van der Waals surface area contributed by atoms with E-state index in [2.05, 4.69) is 5.16 Å². The molecule has 0 saturated carbocycles. The Bertz CT molecular complexity index is 659. The Labute approximate surface area is 114 Å². The van der Waals surface area contributed by atoms with Gasteiger partial charge in [0.25, 0.3) is 0 Å². The lowest BCUT2D eigenvalue weighted by Gasteiger charge is -2.22. The van der Waals surface area contributed by atoms with Crippen molar-refractivity contribution in [2.45, 2.75) is 0 Å². The maximum absolute atomic E-state index is 13.9. The molecule has 0 atom stereocenters. The number of hydrogen-bond donors (Lipinski definition) is 2. The zero-order valence-electron chi connectivity index (χ0n) is 10.7. The monoisotopic (exact) mass is 277 g/mol. The third kappa shape index (κ3) is 2.54. The van der Waals surface area contributed by atoms with Crippen LogP contribution < -0.4 is 10.6 Å². The fourth-order valence-electron chi connectivity index (χ4n) is 1.92. The molecular formula is C14H13F2N3O. The Morgan fingerprint density at radius 1 is 1.20 bits per heavy atom. The van der Waals surface area contributed by atoms with Crippen LogP contribution >= 0.6 is 0 Å². The molecule has 2 rings (SSSR count). The molecule has 20 heavy (non-hydrogen) atoms. The third-order valence-electron chi connectivity index (χ3n) is 2.91. The Hall–Kier alpha value is -2.63. The van der Waals surface area contributed by atoms with E-state index >= 15 is 0 Å². The lowest BCUT2D eigenvalue weighted by molar-refractivity contribution is 0.318. The van der Waals surface area contributed by atoms with E-state index < -0.39 is 11.6 Å². The van der Waals surface area contributed by atoms with Crippen LogP contribution in [0.2, 0.25) is 0 Å². The minimum absolute atomic E-state index is 0.0400. The van der Waals surface area contributed by atoms with Gasteiger partial charge in [-0.1, -0.05) is 17.3 Å². The minimum Gasteiger partial charge on any atom is -0.409 e. The summed E-state index contributed by atoms with van der Waals surface area (Å²) in [4.78, 5) is 1.56. The van der Waals surface area contributed by atoms with Gasteiger partial charge in [0.1, 0.15) is 11.6 Å². The van der Waals surface area contributed by atoms with Crippen LogP contribution in [0.1, 0.15) is 5.56 Å². The number of benzene rings is 2. The number of halogens is 2. The number of nitrogens with two attached hydrogens (primary N) is 1. The van der Waals surface area contributed by atoms with Crippen LogP contribution in [0.4, 0.5) is 20.2 Å². The lowest BCUT2D eigenvalue weighted by atomic mass is 10.1. The molecule has 0 unspecified atom stereocenters. The van der Waals surface area contributed by atoms with E-state index in [1.54, 1.807) is 30.1 Å². The Morgan fingerprint density at radius 2 is 1.90 bits per heavy atom. The van der Waals surface area contributed by atoms with Crippen LogP contribution in [-0.4, -0.2) is 18.1 Å². The van der Waals surface area contributed by atoms with Crippen molar-refractivity contribution in [2.24, 2.45) is 10.9 Å². The molecule has 0 aliphatic carbocycles. The second kappa shape index (κ2) is 5.56. The van der Waals surface area contributed by atoms with Gasteiger partial charge in [-0.25, -0.2) is 8.78 Å². The van der Waals surface area contributed by atoms with Crippen molar-refractivity contribution in [3.05, 3.63) is 59.7 Å². The first kappa shape index (κ1) is 13.8. The van der Waals surface area contributed by atoms with Crippen LogP contribution in [0.5, 0.6) is 0 Å². The van der Waals surface area contributed by atoms with E-state index in [1.165, 1.54) is 24.3 Å². The Balaban J connectivity index is 2.55. The van der Waals surface area contributed by atoms with Gasteiger partial charge >= 0.3 is 0 Å². The van der Waals surface area contributed by atoms with Gasteiger partial charge < -0.3 is 15.8 Å². The number of amidine groups is 1. The molecule has 4 nitrogen and oxygen atoms in total. The predicted molar refractivity (Wildman–Crippen MR) is 73.4 cm³/mol. The van der Waals surface area contributed by atoms with Gasteiger partial charge in [-0.2, -0.15) is 0 Å². The summed E-state index contributed by atoms with van der Waals surface area (Å²) in [7, 11) is 1.64. The van der Waals surface area contributed by atoms with Gasteiger partial charge in [-0.3, -0.25) is 0 Å². The molecule has 6 heteroatoms. The molecule has 104 valence electrons. The van der Waals surface area contributed by atoms with Crippen molar-refractivity contribution in [3.8, 4) is 0 Å². The zero-order valence-corrected chi connectivity index (χ0v) is 10.7. The summed E-state index contributed by atoms with van der Waals surface area (Å²) in [5, 5.41) is 11.6. The van der Waals surface area contributed by atoms with Gasteiger partial charge in [0.15, 0.2) is 5.84 Å². The highest BCUT2D eigenvalue weighted by molar-refractivity contribution is 6.03. The standard InChI is InChI=1S/C14H13F2N3O/c1-19(10-5-2-4-9(15)8-10)12-7-3-6-11(16)13(12)14(17)18-20/h2-8,20H,1H3,(H2,17,18). The summed E-state index contributed by atoms with van der Waals surface area (Å²) in [6.45, 7) is 0. The van der Waals surface area contributed by atoms with Crippen molar-refractivity contribution in [1.29, 1.82) is 0 Å². The summed E-state index contributed by atoms with van der Waals surface area (Å²) in [5.74, 6) is -1.38. The van der Waals surface area contributed by atoms with Crippen LogP contribution in [-0.2, 0) is 0 Å². The molecule has 3 N–H and O–H groups in total. The molecule has 0 aliphatic rings. The lowest BCUT2D eigenvalue weighted by Crippen LogP contribution is -2.21. The molecule has 0 fully saturated rings. The molecule has 2 aromatic rings. The number of hydrogen-bond acceptors (Lipinski definition) is 3. The fourth-order valence-corrected chi connectivity index (χ4v) is 1.92. The van der Waals surface area contributed by atoms with Crippen LogP contribution in [0.15, 0.2) is 47.6 Å². The van der Waals surface area contributed by atoms with Gasteiger partial charge in [0, 0.05) is 12.7 Å². The number of oxime groups is 1. The number of nitrogens with zero attached hydrogens (tertiary/aromatic N) is 2. The molecule has 0 radical (unpaired) electrons.